The van der Waals surface area contributed by atoms with Crippen molar-refractivity contribution in [3.8, 4) is 11.1 Å². The molecule has 4 aromatic rings. The molecule has 0 radical (unpaired) electrons. The molecule has 38 heavy (non-hydrogen) atoms. The number of carbonyl (C=O) groups excluding carboxylic acids is 1. The summed E-state index contributed by atoms with van der Waals surface area (Å²) in [7, 11) is 0. The summed E-state index contributed by atoms with van der Waals surface area (Å²) in [6, 6.07) is 25.2. The maximum atomic E-state index is 14.2. The van der Waals surface area contributed by atoms with Gasteiger partial charge in [-0.15, -0.1) is 0 Å². The van der Waals surface area contributed by atoms with E-state index in [0.29, 0.717) is 24.3 Å². The number of fused-ring (bicyclic) bond motifs is 2. The Bertz CT molecular complexity index is 1510. The summed E-state index contributed by atoms with van der Waals surface area (Å²) >= 11 is 0. The monoisotopic (exact) mass is 504 g/mol. The number of aryl methyl sites for hydroxylation is 1. The Morgan fingerprint density at radius 1 is 0.921 bits per heavy atom. The lowest BCUT2D eigenvalue weighted by Gasteiger charge is -2.38. The van der Waals surface area contributed by atoms with Gasteiger partial charge in [-0.25, -0.2) is 9.78 Å². The van der Waals surface area contributed by atoms with Gasteiger partial charge in [0.15, 0.2) is 5.69 Å². The molecule has 0 atom stereocenters. The summed E-state index contributed by atoms with van der Waals surface area (Å²) in [6.07, 6.45) is 3.09. The maximum Gasteiger partial charge on any atom is 0.354 e. The largest absolute Gasteiger partial charge is 0.477 e. The summed E-state index contributed by atoms with van der Waals surface area (Å²) in [5.74, 6) is -0.721. The van der Waals surface area contributed by atoms with Crippen molar-refractivity contribution in [2.75, 3.05) is 18.0 Å². The molecule has 190 valence electrons. The minimum atomic E-state index is -1.11. The Morgan fingerprint density at radius 3 is 2.32 bits per heavy atom. The molecule has 0 aliphatic carbocycles. The number of hydrogen-bond donors (Lipinski definition) is 1. The molecular weight excluding hydrogens is 476 g/mol. The molecule has 1 N–H and O–H groups in total. The molecule has 1 saturated heterocycles. The Labute approximate surface area is 221 Å². The van der Waals surface area contributed by atoms with Gasteiger partial charge in [0.05, 0.1) is 16.8 Å². The lowest BCUT2D eigenvalue weighted by molar-refractivity contribution is -0.124. The van der Waals surface area contributed by atoms with Crippen molar-refractivity contribution in [2.45, 2.75) is 31.7 Å². The first-order valence-electron chi connectivity index (χ1n) is 12.8. The highest BCUT2D eigenvalue weighted by atomic mass is 16.4. The Hall–Kier alpha value is -4.36. The van der Waals surface area contributed by atoms with E-state index in [4.69, 9.17) is 0 Å². The van der Waals surface area contributed by atoms with Crippen LogP contribution in [0.5, 0.6) is 0 Å². The number of anilines is 2. The highest BCUT2D eigenvalue weighted by Crippen LogP contribution is 2.50. The number of aromatic nitrogens is 2. The number of amides is 1. The predicted octanol–water partition coefficient (Wildman–Crippen LogP) is 5.36. The average molecular weight is 505 g/mol. The molecule has 0 bridgehead atoms. The van der Waals surface area contributed by atoms with Crippen molar-refractivity contribution < 1.29 is 14.7 Å². The molecule has 7 nitrogen and oxygen atoms in total. The first kappa shape index (κ1) is 24.0. The van der Waals surface area contributed by atoms with Crippen LogP contribution >= 0.6 is 0 Å². The van der Waals surface area contributed by atoms with Crippen LogP contribution < -0.4 is 4.90 Å². The summed E-state index contributed by atoms with van der Waals surface area (Å²) in [5, 5.41) is 9.62. The van der Waals surface area contributed by atoms with Gasteiger partial charge in [-0.1, -0.05) is 54.6 Å². The van der Waals surface area contributed by atoms with Gasteiger partial charge in [-0.05, 0) is 73.8 Å². The average Bonchev–Trinajstić information content (AvgIpc) is 3.18. The summed E-state index contributed by atoms with van der Waals surface area (Å²) in [5.41, 5.74) is 5.05. The standard InChI is InChI=1S/C31H28N4O3/c1-21-6-5-17-32-27(21)20-34-18-15-31(16-19-34)25-13-14-26(29(36)37)33-28(25)35(30(31)38)24-11-9-23(10-12-24)22-7-3-2-4-8-22/h2-14,17H,15-16,18-20H2,1H3,(H,36,37). The topological polar surface area (TPSA) is 86.6 Å². The lowest BCUT2D eigenvalue weighted by atomic mass is 9.74. The van der Waals surface area contributed by atoms with Crippen LogP contribution in [0.1, 0.15) is 40.2 Å². The smallest absolute Gasteiger partial charge is 0.354 e. The van der Waals surface area contributed by atoms with Gasteiger partial charge in [-0.3, -0.25) is 19.6 Å². The third-order valence-corrected chi connectivity index (χ3v) is 7.87. The number of aromatic carboxylic acids is 1. The molecule has 7 heteroatoms. The van der Waals surface area contributed by atoms with Gasteiger partial charge in [0.2, 0.25) is 5.91 Å². The van der Waals surface area contributed by atoms with Crippen LogP contribution in [-0.2, 0) is 16.8 Å². The molecule has 2 aromatic carbocycles. The molecular formula is C31H28N4O3. The second kappa shape index (κ2) is 9.50. The number of piperidine rings is 1. The van der Waals surface area contributed by atoms with Crippen molar-refractivity contribution in [3.05, 3.63) is 108 Å². The van der Waals surface area contributed by atoms with Crippen molar-refractivity contribution in [1.82, 2.24) is 14.9 Å². The van der Waals surface area contributed by atoms with Crippen LogP contribution in [0, 0.1) is 6.92 Å². The quantitative estimate of drug-likeness (QED) is 0.394. The summed E-state index contributed by atoms with van der Waals surface area (Å²) in [6.45, 7) is 4.28. The Kier molecular flexibility index (Phi) is 6.00. The summed E-state index contributed by atoms with van der Waals surface area (Å²) < 4.78 is 0. The number of benzene rings is 2. The van der Waals surface area contributed by atoms with E-state index in [1.165, 1.54) is 6.07 Å². The zero-order chi connectivity index (χ0) is 26.3. The molecule has 6 rings (SSSR count). The number of carbonyl (C=O) groups is 2. The van der Waals surface area contributed by atoms with Gasteiger partial charge in [0, 0.05) is 18.3 Å². The predicted molar refractivity (Wildman–Crippen MR) is 145 cm³/mol. The van der Waals surface area contributed by atoms with Crippen molar-refractivity contribution in [1.29, 1.82) is 0 Å². The number of nitrogens with zero attached hydrogens (tertiary/aromatic N) is 4. The molecule has 0 saturated carbocycles. The third-order valence-electron chi connectivity index (χ3n) is 7.87. The van der Waals surface area contributed by atoms with Crippen LogP contribution in [-0.4, -0.2) is 44.9 Å². The number of likely N-dealkylation sites (tertiary alicyclic amines) is 1. The van der Waals surface area contributed by atoms with Crippen LogP contribution in [0.3, 0.4) is 0 Å². The fourth-order valence-electron chi connectivity index (χ4n) is 5.68. The molecule has 2 aromatic heterocycles. The van der Waals surface area contributed by atoms with E-state index in [-0.39, 0.29) is 11.6 Å². The molecule has 1 amide bonds. The lowest BCUT2D eigenvalue weighted by Crippen LogP contribution is -2.47. The minimum absolute atomic E-state index is 0.0383. The first-order valence-corrected chi connectivity index (χ1v) is 12.8. The fourth-order valence-corrected chi connectivity index (χ4v) is 5.68. The van der Waals surface area contributed by atoms with E-state index in [2.05, 4.69) is 27.9 Å². The van der Waals surface area contributed by atoms with Crippen molar-refractivity contribution in [2.24, 2.45) is 0 Å². The molecule has 2 aliphatic heterocycles. The zero-order valence-corrected chi connectivity index (χ0v) is 21.2. The molecule has 1 fully saturated rings. The second-order valence-corrected chi connectivity index (χ2v) is 10.1. The van der Waals surface area contributed by atoms with Crippen LogP contribution in [0.15, 0.2) is 85.1 Å². The number of carboxylic acids is 1. The van der Waals surface area contributed by atoms with Crippen molar-refractivity contribution >= 4 is 23.4 Å². The third kappa shape index (κ3) is 4.05. The second-order valence-electron chi connectivity index (χ2n) is 10.1. The van der Waals surface area contributed by atoms with Crippen LogP contribution in [0.25, 0.3) is 11.1 Å². The minimum Gasteiger partial charge on any atom is -0.477 e. The number of carboxylic acid groups (broad SMARTS) is 1. The van der Waals surface area contributed by atoms with Gasteiger partial charge in [-0.2, -0.15) is 0 Å². The van der Waals surface area contributed by atoms with Crippen LogP contribution in [0.2, 0.25) is 0 Å². The Morgan fingerprint density at radius 2 is 1.63 bits per heavy atom. The SMILES string of the molecule is Cc1cccnc1CN1CCC2(CC1)C(=O)N(c1ccc(-c3ccccc3)cc1)c1nc(C(=O)O)ccc12. The van der Waals surface area contributed by atoms with Crippen molar-refractivity contribution in [3.63, 3.8) is 0 Å². The Balaban J connectivity index is 1.33. The van der Waals surface area contributed by atoms with Gasteiger partial charge < -0.3 is 5.11 Å². The van der Waals surface area contributed by atoms with Gasteiger partial charge >= 0.3 is 5.97 Å². The zero-order valence-electron chi connectivity index (χ0n) is 21.2. The number of pyridine rings is 2. The molecule has 0 unspecified atom stereocenters. The van der Waals surface area contributed by atoms with E-state index in [1.807, 2.05) is 66.9 Å². The maximum absolute atomic E-state index is 14.2. The molecule has 4 heterocycles. The highest BCUT2D eigenvalue weighted by Gasteiger charge is 2.53. The van der Waals surface area contributed by atoms with E-state index in [9.17, 15) is 14.7 Å². The van der Waals surface area contributed by atoms with E-state index in [0.717, 1.165) is 47.6 Å². The van der Waals surface area contributed by atoms with E-state index >= 15 is 0 Å². The first-order chi connectivity index (χ1) is 18.5. The highest BCUT2D eigenvalue weighted by molar-refractivity contribution is 6.12. The number of hydrogen-bond acceptors (Lipinski definition) is 5. The molecule has 2 aliphatic rings. The van der Waals surface area contributed by atoms with Gasteiger partial charge in [0.25, 0.3) is 0 Å². The normalized spacial score (nSPS) is 16.6. The van der Waals surface area contributed by atoms with E-state index in [1.54, 1.807) is 11.0 Å². The number of rotatable bonds is 5. The van der Waals surface area contributed by atoms with E-state index < -0.39 is 11.4 Å². The van der Waals surface area contributed by atoms with Gasteiger partial charge in [0.1, 0.15) is 5.82 Å². The fraction of sp³-hybridized carbons (Fsp3) is 0.226. The van der Waals surface area contributed by atoms with Crippen LogP contribution in [0.4, 0.5) is 11.5 Å². The summed E-state index contributed by atoms with van der Waals surface area (Å²) in [4.78, 5) is 38.9. The molecule has 1 spiro atoms.